The summed E-state index contributed by atoms with van der Waals surface area (Å²) >= 11 is 0. The Morgan fingerprint density at radius 3 is 2.56 bits per heavy atom. The highest BCUT2D eigenvalue weighted by Crippen LogP contribution is 2.09. The standard InChI is InChI=1S/C11H9N3O4/c15-8(16)6-14-11(18)12-10(17)9(13-14)7-4-2-1-3-5-7/h1-5H,6H2,(H,15,16)(H,12,17,18). The van der Waals surface area contributed by atoms with Gasteiger partial charge < -0.3 is 5.11 Å². The van der Waals surface area contributed by atoms with Crippen LogP contribution in [-0.2, 0) is 11.3 Å². The first-order valence-electron chi connectivity index (χ1n) is 5.06. The molecule has 7 heteroatoms. The van der Waals surface area contributed by atoms with Gasteiger partial charge >= 0.3 is 11.7 Å². The quantitative estimate of drug-likeness (QED) is 0.773. The summed E-state index contributed by atoms with van der Waals surface area (Å²) < 4.78 is 0.700. The Hall–Kier alpha value is -2.70. The normalized spacial score (nSPS) is 10.2. The Labute approximate surface area is 100 Å². The maximum absolute atomic E-state index is 11.6. The molecule has 0 fully saturated rings. The van der Waals surface area contributed by atoms with E-state index in [-0.39, 0.29) is 5.69 Å². The predicted octanol–water partition coefficient (Wildman–Crippen LogP) is -0.317. The molecule has 18 heavy (non-hydrogen) atoms. The number of rotatable bonds is 3. The lowest BCUT2D eigenvalue weighted by Crippen LogP contribution is -2.35. The predicted molar refractivity (Wildman–Crippen MR) is 62.2 cm³/mol. The summed E-state index contributed by atoms with van der Waals surface area (Å²) in [7, 11) is 0. The molecule has 2 N–H and O–H groups in total. The maximum Gasteiger partial charge on any atom is 0.345 e. The van der Waals surface area contributed by atoms with Crippen LogP contribution in [0.2, 0.25) is 0 Å². The molecule has 0 saturated heterocycles. The van der Waals surface area contributed by atoms with Crippen LogP contribution in [0.25, 0.3) is 11.3 Å². The van der Waals surface area contributed by atoms with Crippen molar-refractivity contribution in [1.29, 1.82) is 0 Å². The van der Waals surface area contributed by atoms with Crippen molar-refractivity contribution in [2.24, 2.45) is 0 Å². The molecule has 92 valence electrons. The first kappa shape index (κ1) is 11.8. The van der Waals surface area contributed by atoms with Crippen LogP contribution in [0.3, 0.4) is 0 Å². The van der Waals surface area contributed by atoms with Crippen molar-refractivity contribution in [1.82, 2.24) is 14.8 Å². The summed E-state index contributed by atoms with van der Waals surface area (Å²) in [6, 6.07) is 8.48. The van der Waals surface area contributed by atoms with E-state index < -0.39 is 23.8 Å². The van der Waals surface area contributed by atoms with Crippen LogP contribution in [-0.4, -0.2) is 25.8 Å². The number of hydrogen-bond donors (Lipinski definition) is 2. The lowest BCUT2D eigenvalue weighted by Gasteiger charge is -2.03. The van der Waals surface area contributed by atoms with Crippen LogP contribution in [0.1, 0.15) is 0 Å². The van der Waals surface area contributed by atoms with E-state index in [0.29, 0.717) is 10.2 Å². The van der Waals surface area contributed by atoms with Crippen molar-refractivity contribution < 1.29 is 9.90 Å². The molecule has 7 nitrogen and oxygen atoms in total. The van der Waals surface area contributed by atoms with E-state index in [1.54, 1.807) is 30.3 Å². The van der Waals surface area contributed by atoms with Crippen LogP contribution < -0.4 is 11.2 Å². The monoisotopic (exact) mass is 247 g/mol. The van der Waals surface area contributed by atoms with E-state index >= 15 is 0 Å². The summed E-state index contributed by atoms with van der Waals surface area (Å²) in [5.41, 5.74) is -0.968. The van der Waals surface area contributed by atoms with Gasteiger partial charge in [-0.2, -0.15) is 5.10 Å². The van der Waals surface area contributed by atoms with Crippen molar-refractivity contribution in [2.45, 2.75) is 6.54 Å². The van der Waals surface area contributed by atoms with Crippen LogP contribution in [0, 0.1) is 0 Å². The largest absolute Gasteiger partial charge is 0.480 e. The highest BCUT2D eigenvalue weighted by molar-refractivity contribution is 5.66. The Bertz CT molecular complexity index is 687. The van der Waals surface area contributed by atoms with Crippen LogP contribution >= 0.6 is 0 Å². The first-order valence-corrected chi connectivity index (χ1v) is 5.06. The Kier molecular flexibility index (Phi) is 3.05. The molecule has 0 radical (unpaired) electrons. The number of aliphatic carboxylic acids is 1. The second kappa shape index (κ2) is 4.66. The van der Waals surface area contributed by atoms with Gasteiger partial charge in [0, 0.05) is 5.56 Å². The lowest BCUT2D eigenvalue weighted by atomic mass is 10.2. The van der Waals surface area contributed by atoms with Gasteiger partial charge in [0.25, 0.3) is 5.56 Å². The minimum Gasteiger partial charge on any atom is -0.480 e. The SMILES string of the molecule is O=C(O)Cn1nc(-c2ccccc2)c(=O)[nH]c1=O. The van der Waals surface area contributed by atoms with Crippen LogP contribution in [0.15, 0.2) is 39.9 Å². The third-order valence-electron chi connectivity index (χ3n) is 2.22. The van der Waals surface area contributed by atoms with E-state index in [9.17, 15) is 14.4 Å². The molecule has 0 amide bonds. The molecule has 0 aliphatic heterocycles. The van der Waals surface area contributed by atoms with E-state index in [0.717, 1.165) is 0 Å². The van der Waals surface area contributed by atoms with Gasteiger partial charge in [-0.1, -0.05) is 30.3 Å². The number of aromatic amines is 1. The molecule has 0 aliphatic rings. The number of carboxylic acid groups (broad SMARTS) is 1. The fourth-order valence-corrected chi connectivity index (χ4v) is 1.45. The van der Waals surface area contributed by atoms with Crippen molar-refractivity contribution in [3.63, 3.8) is 0 Å². The number of hydrogen-bond acceptors (Lipinski definition) is 4. The number of nitrogens with one attached hydrogen (secondary N) is 1. The maximum atomic E-state index is 11.6. The fraction of sp³-hybridized carbons (Fsp3) is 0.0909. The average Bonchev–Trinajstić information content (AvgIpc) is 2.33. The number of H-pyrrole nitrogens is 1. The highest BCUT2D eigenvalue weighted by Gasteiger charge is 2.10. The molecule has 0 saturated carbocycles. The third kappa shape index (κ3) is 2.34. The Morgan fingerprint density at radius 2 is 1.94 bits per heavy atom. The first-order chi connectivity index (χ1) is 8.58. The molecule has 0 aliphatic carbocycles. The molecule has 0 unspecified atom stereocenters. The molecular weight excluding hydrogens is 238 g/mol. The molecule has 1 aromatic carbocycles. The number of nitrogens with zero attached hydrogens (tertiary/aromatic N) is 2. The smallest absolute Gasteiger partial charge is 0.345 e. The van der Waals surface area contributed by atoms with Gasteiger partial charge in [0.15, 0.2) is 5.69 Å². The second-order valence-corrected chi connectivity index (χ2v) is 3.53. The van der Waals surface area contributed by atoms with Crippen molar-refractivity contribution in [3.05, 3.63) is 51.2 Å². The van der Waals surface area contributed by atoms with E-state index in [1.165, 1.54) is 0 Å². The average molecular weight is 247 g/mol. The van der Waals surface area contributed by atoms with Gasteiger partial charge in [-0.3, -0.25) is 14.6 Å². The number of aromatic nitrogens is 3. The molecule has 0 bridgehead atoms. The van der Waals surface area contributed by atoms with Gasteiger partial charge in [0.2, 0.25) is 0 Å². The van der Waals surface area contributed by atoms with E-state index in [4.69, 9.17) is 5.11 Å². The van der Waals surface area contributed by atoms with E-state index in [2.05, 4.69) is 5.10 Å². The molecule has 0 atom stereocenters. The Balaban J connectivity index is 2.59. The second-order valence-electron chi connectivity index (χ2n) is 3.53. The summed E-state index contributed by atoms with van der Waals surface area (Å²) in [6.07, 6.45) is 0. The van der Waals surface area contributed by atoms with Gasteiger partial charge in [0.05, 0.1) is 0 Å². The van der Waals surface area contributed by atoms with Crippen molar-refractivity contribution >= 4 is 5.97 Å². The van der Waals surface area contributed by atoms with Crippen molar-refractivity contribution in [3.8, 4) is 11.3 Å². The summed E-state index contributed by atoms with van der Waals surface area (Å²) in [6.45, 7) is -0.602. The third-order valence-corrected chi connectivity index (χ3v) is 2.22. The molecule has 2 rings (SSSR count). The zero-order chi connectivity index (χ0) is 13.1. The van der Waals surface area contributed by atoms with Gasteiger partial charge in [-0.05, 0) is 0 Å². The topological polar surface area (TPSA) is 105 Å². The number of benzene rings is 1. The zero-order valence-electron chi connectivity index (χ0n) is 9.16. The van der Waals surface area contributed by atoms with Crippen LogP contribution in [0.4, 0.5) is 0 Å². The summed E-state index contributed by atoms with van der Waals surface area (Å²) in [5.74, 6) is -1.21. The van der Waals surface area contributed by atoms with Crippen molar-refractivity contribution in [2.75, 3.05) is 0 Å². The van der Waals surface area contributed by atoms with Crippen LogP contribution in [0.5, 0.6) is 0 Å². The highest BCUT2D eigenvalue weighted by atomic mass is 16.4. The van der Waals surface area contributed by atoms with E-state index in [1.807, 2.05) is 4.98 Å². The lowest BCUT2D eigenvalue weighted by molar-refractivity contribution is -0.138. The minimum absolute atomic E-state index is 0.0106. The molecule has 1 aromatic heterocycles. The molecule has 2 aromatic rings. The van der Waals surface area contributed by atoms with Gasteiger partial charge in [0.1, 0.15) is 6.54 Å². The zero-order valence-corrected chi connectivity index (χ0v) is 9.16. The number of carbonyl (C=O) groups is 1. The summed E-state index contributed by atoms with van der Waals surface area (Å²) in [4.78, 5) is 35.5. The molecule has 1 heterocycles. The molecule has 0 spiro atoms. The Morgan fingerprint density at radius 1 is 1.28 bits per heavy atom. The number of carboxylic acids is 1. The van der Waals surface area contributed by atoms with Gasteiger partial charge in [-0.25, -0.2) is 9.48 Å². The summed E-state index contributed by atoms with van der Waals surface area (Å²) in [5, 5.41) is 12.4. The van der Waals surface area contributed by atoms with Gasteiger partial charge in [-0.15, -0.1) is 0 Å². The molecular formula is C11H9N3O4. The minimum atomic E-state index is -1.21. The fourth-order valence-electron chi connectivity index (χ4n) is 1.45.